The van der Waals surface area contributed by atoms with E-state index in [0.717, 1.165) is 30.4 Å². The molecule has 2 fully saturated rings. The van der Waals surface area contributed by atoms with Gasteiger partial charge >= 0.3 is 0 Å². The SMILES string of the molecule is COc1cccc2c1C(=O)c1c(O)c3c(c(O)c1C2=O)C[C@@](O)(/C(CO)=N/NC(=O)c1cc(N2C(=O)C=CC2=O)ccc1F)C[C@@H]3O[C@H]1CC(N2CCO[C@@H](OC)C2)[C@H](O)[C@H](C)O1. The van der Waals surface area contributed by atoms with Crippen molar-refractivity contribution in [1.29, 1.82) is 0 Å². The van der Waals surface area contributed by atoms with E-state index >= 15 is 4.39 Å². The lowest BCUT2D eigenvalue weighted by atomic mass is 9.71. The van der Waals surface area contributed by atoms with E-state index in [-0.39, 0.29) is 40.1 Å². The van der Waals surface area contributed by atoms with Crippen molar-refractivity contribution in [3.05, 3.63) is 93.3 Å². The first kappa shape index (κ1) is 43.7. The summed E-state index contributed by atoms with van der Waals surface area (Å²) in [6.07, 6.45) is -4.32. The van der Waals surface area contributed by atoms with Gasteiger partial charge in [-0.05, 0) is 31.2 Å². The third-order valence-corrected chi connectivity index (χ3v) is 12.1. The number of methoxy groups -OCH3 is 2. The fourth-order valence-corrected chi connectivity index (χ4v) is 8.94. The molecule has 1 unspecified atom stereocenters. The van der Waals surface area contributed by atoms with E-state index < -0.39 is 131 Å². The number of rotatable bonds is 10. The van der Waals surface area contributed by atoms with E-state index in [9.17, 15) is 49.5 Å². The zero-order chi connectivity index (χ0) is 45.1. The number of hydrazone groups is 1. The van der Waals surface area contributed by atoms with Crippen LogP contribution in [0.1, 0.15) is 79.2 Å². The average Bonchev–Trinajstić information content (AvgIpc) is 3.61. The molecule has 6 N–H and O–H groups in total. The van der Waals surface area contributed by atoms with Gasteiger partial charge in [-0.2, -0.15) is 5.10 Å². The predicted molar refractivity (Wildman–Crippen MR) is 214 cm³/mol. The van der Waals surface area contributed by atoms with Crippen LogP contribution < -0.4 is 15.1 Å². The molecule has 0 radical (unpaired) electrons. The Bertz CT molecular complexity index is 2480. The van der Waals surface area contributed by atoms with Crippen LogP contribution in [-0.2, 0) is 35.0 Å². The molecule has 63 heavy (non-hydrogen) atoms. The number of carbonyl (C=O) groups excluding carboxylic acids is 5. The van der Waals surface area contributed by atoms with E-state index in [0.29, 0.717) is 24.6 Å². The maximum absolute atomic E-state index is 15.0. The molecule has 0 bridgehead atoms. The van der Waals surface area contributed by atoms with E-state index in [4.69, 9.17) is 23.7 Å². The largest absolute Gasteiger partial charge is 0.507 e. The summed E-state index contributed by atoms with van der Waals surface area (Å²) < 4.78 is 44.0. The second kappa shape index (κ2) is 17.0. The quantitative estimate of drug-likeness (QED) is 0.0565. The maximum Gasteiger partial charge on any atom is 0.274 e. The number of aromatic hydroxyl groups is 2. The Morgan fingerprint density at radius 1 is 1.02 bits per heavy atom. The number of carbonyl (C=O) groups is 5. The maximum atomic E-state index is 15.0. The second-order valence-electron chi connectivity index (χ2n) is 15.7. The molecule has 5 aliphatic rings. The Balaban J connectivity index is 1.18. The molecule has 8 rings (SSSR count). The number of hydrogen-bond donors (Lipinski definition) is 6. The zero-order valence-electron chi connectivity index (χ0n) is 34.1. The van der Waals surface area contributed by atoms with Crippen LogP contribution in [0.3, 0.4) is 0 Å². The molecule has 3 aromatic carbocycles. The highest BCUT2D eigenvalue weighted by Gasteiger charge is 2.50. The molecule has 2 aliphatic carbocycles. The van der Waals surface area contributed by atoms with Crippen molar-refractivity contribution in [2.24, 2.45) is 5.10 Å². The van der Waals surface area contributed by atoms with Gasteiger partial charge in [0.05, 0.1) is 72.3 Å². The number of hydrogen-bond acceptors (Lipinski definition) is 17. The number of aliphatic hydroxyl groups is 3. The van der Waals surface area contributed by atoms with Crippen LogP contribution in [0.5, 0.6) is 17.2 Å². The Hall–Kier alpha value is -5.97. The molecule has 3 amide bonds. The molecule has 2 saturated heterocycles. The number of ketones is 2. The summed E-state index contributed by atoms with van der Waals surface area (Å²) in [7, 11) is 2.79. The third-order valence-electron chi connectivity index (χ3n) is 12.1. The number of benzene rings is 3. The average molecular weight is 875 g/mol. The van der Waals surface area contributed by atoms with Crippen molar-refractivity contribution in [1.82, 2.24) is 10.3 Å². The normalized spacial score (nSPS) is 27.3. The first-order chi connectivity index (χ1) is 30.1. The Morgan fingerprint density at radius 3 is 2.44 bits per heavy atom. The number of morpholine rings is 1. The monoisotopic (exact) mass is 874 g/mol. The van der Waals surface area contributed by atoms with Crippen molar-refractivity contribution >= 4 is 40.7 Å². The van der Waals surface area contributed by atoms with Gasteiger partial charge in [0.2, 0.25) is 5.78 Å². The van der Waals surface area contributed by atoms with Crippen molar-refractivity contribution < 1.29 is 77.6 Å². The fraction of sp³-hybridized carbons (Fsp3) is 0.395. The first-order valence-electron chi connectivity index (χ1n) is 19.9. The smallest absolute Gasteiger partial charge is 0.274 e. The van der Waals surface area contributed by atoms with Gasteiger partial charge in [0.25, 0.3) is 17.7 Å². The van der Waals surface area contributed by atoms with E-state index in [1.54, 1.807) is 6.92 Å². The molecule has 3 aromatic rings. The summed E-state index contributed by atoms with van der Waals surface area (Å²) in [6.45, 7) is 1.60. The highest BCUT2D eigenvalue weighted by atomic mass is 19.1. The van der Waals surface area contributed by atoms with Crippen LogP contribution in [0.25, 0.3) is 0 Å². The van der Waals surface area contributed by atoms with E-state index in [2.05, 4.69) is 10.5 Å². The van der Waals surface area contributed by atoms with Gasteiger partial charge in [-0.15, -0.1) is 0 Å². The molecule has 332 valence electrons. The van der Waals surface area contributed by atoms with Gasteiger partial charge in [-0.25, -0.2) is 14.7 Å². The third kappa shape index (κ3) is 7.57. The van der Waals surface area contributed by atoms with Gasteiger partial charge in [0, 0.05) is 74.3 Å². The fourth-order valence-electron chi connectivity index (χ4n) is 8.94. The lowest BCUT2D eigenvalue weighted by Gasteiger charge is -2.47. The van der Waals surface area contributed by atoms with Crippen LogP contribution in [0.4, 0.5) is 10.1 Å². The van der Waals surface area contributed by atoms with Crippen molar-refractivity contribution in [3.8, 4) is 17.2 Å². The highest BCUT2D eigenvalue weighted by molar-refractivity contribution is 6.31. The molecule has 20 heteroatoms. The standard InChI is InChI=1S/C43H43FN4O15/c1-19-37(52)25(47-11-12-61-32(17-47)60-3)14-31(62-19)63-27-16-43(58,28(18-49)45-46-42(57)22-13-20(7-8-24(22)44)48-29(50)9-10-30(48)51)15-23-34(27)41(56)36-35(39(23)54)38(53)21-5-4-6-26(59-2)33(21)40(36)55/h4-10,13,19,25,27,31-32,37,49,52,54,56,58H,11-12,14-18H2,1-3H3,(H,46,57)/b45-28+/t19-,25?,27-,31-,32+,37+,43-/m0/s1. The van der Waals surface area contributed by atoms with Gasteiger partial charge < -0.3 is 49.2 Å². The molecule has 0 spiro atoms. The topological polar surface area (TPSA) is 264 Å². The number of phenolic OH excluding ortho intramolecular Hbond substituents is 2. The number of phenols is 2. The molecular formula is C43H43FN4O15. The first-order valence-corrected chi connectivity index (χ1v) is 19.9. The molecule has 0 saturated carbocycles. The summed E-state index contributed by atoms with van der Waals surface area (Å²) >= 11 is 0. The summed E-state index contributed by atoms with van der Waals surface area (Å²) in [5, 5.41) is 62.5. The van der Waals surface area contributed by atoms with Gasteiger partial charge in [-0.3, -0.25) is 28.9 Å². The molecular weight excluding hydrogens is 831 g/mol. The van der Waals surface area contributed by atoms with Crippen LogP contribution >= 0.6 is 0 Å². The second-order valence-corrected chi connectivity index (χ2v) is 15.7. The Labute approximate surface area is 357 Å². The lowest BCUT2D eigenvalue weighted by Crippen LogP contribution is -2.59. The number of amides is 3. The number of fused-ring (bicyclic) bond motifs is 3. The number of aliphatic hydroxyl groups excluding tert-OH is 2. The highest BCUT2D eigenvalue weighted by Crippen LogP contribution is 2.53. The summed E-state index contributed by atoms with van der Waals surface area (Å²) in [6, 6.07) is 6.62. The zero-order valence-corrected chi connectivity index (χ0v) is 34.1. The van der Waals surface area contributed by atoms with E-state index in [1.165, 1.54) is 32.4 Å². The minimum absolute atomic E-state index is 0.0260. The van der Waals surface area contributed by atoms with E-state index in [1.807, 2.05) is 4.90 Å². The van der Waals surface area contributed by atoms with Gasteiger partial charge in [-0.1, -0.05) is 12.1 Å². The van der Waals surface area contributed by atoms with Crippen LogP contribution in [0, 0.1) is 5.82 Å². The number of halogens is 1. The molecule has 7 atom stereocenters. The lowest BCUT2D eigenvalue weighted by molar-refractivity contribution is -0.265. The minimum atomic E-state index is -2.36. The van der Waals surface area contributed by atoms with Gasteiger partial charge in [0.1, 0.15) is 28.7 Å². The van der Waals surface area contributed by atoms with Crippen LogP contribution in [0.2, 0.25) is 0 Å². The minimum Gasteiger partial charge on any atom is -0.507 e. The molecule has 3 heterocycles. The summed E-state index contributed by atoms with van der Waals surface area (Å²) in [5.74, 6) is -6.90. The summed E-state index contributed by atoms with van der Waals surface area (Å²) in [4.78, 5) is 68.9. The number of nitrogens with zero attached hydrogens (tertiary/aromatic N) is 3. The Morgan fingerprint density at radius 2 is 1.75 bits per heavy atom. The predicted octanol–water partition coefficient (Wildman–Crippen LogP) is 1.13. The number of ether oxygens (including phenoxy) is 5. The number of imide groups is 1. The number of anilines is 1. The van der Waals surface area contributed by atoms with Crippen molar-refractivity contribution in [3.63, 3.8) is 0 Å². The molecule has 0 aromatic heterocycles. The summed E-state index contributed by atoms with van der Waals surface area (Å²) in [5.41, 5.74) is -3.45. The van der Waals surface area contributed by atoms with Gasteiger partial charge in [0.15, 0.2) is 18.4 Å². The van der Waals surface area contributed by atoms with Crippen molar-refractivity contribution in [2.45, 2.75) is 68.7 Å². The molecule has 3 aliphatic heterocycles. The Kier molecular flexibility index (Phi) is 11.8. The van der Waals surface area contributed by atoms with Crippen molar-refractivity contribution in [2.75, 3.05) is 45.4 Å². The van der Waals surface area contributed by atoms with Crippen LogP contribution in [0.15, 0.2) is 53.7 Å². The molecule has 19 nitrogen and oxygen atoms in total. The number of nitrogens with one attached hydrogen (secondary N) is 1. The van der Waals surface area contributed by atoms with Crippen LogP contribution in [-0.4, -0.2) is 142 Å².